The Bertz CT molecular complexity index is 790. The molecule has 2 aromatic rings. The van der Waals surface area contributed by atoms with Gasteiger partial charge in [0.25, 0.3) is 5.91 Å². The summed E-state index contributed by atoms with van der Waals surface area (Å²) >= 11 is 0. The number of aromatic nitrogens is 3. The van der Waals surface area contributed by atoms with E-state index in [9.17, 15) is 18.0 Å². The fourth-order valence-corrected chi connectivity index (χ4v) is 3.52. The van der Waals surface area contributed by atoms with Gasteiger partial charge in [0.15, 0.2) is 5.69 Å². The molecule has 0 radical (unpaired) electrons. The van der Waals surface area contributed by atoms with Crippen LogP contribution in [0.4, 0.5) is 13.2 Å². The van der Waals surface area contributed by atoms with Crippen LogP contribution in [0.5, 0.6) is 0 Å². The van der Waals surface area contributed by atoms with Gasteiger partial charge >= 0.3 is 6.18 Å². The molecule has 0 N–H and O–H groups in total. The van der Waals surface area contributed by atoms with Gasteiger partial charge in [0.1, 0.15) is 11.3 Å². The molecule has 0 saturated carbocycles. The summed E-state index contributed by atoms with van der Waals surface area (Å²) in [6.45, 7) is 3.81. The van der Waals surface area contributed by atoms with Crippen LogP contribution in [0.3, 0.4) is 0 Å². The molecular weight excluding hydrogens is 349 g/mol. The number of carbonyl (C=O) groups excluding carboxylic acids is 1. The topological polar surface area (TPSA) is 64.2 Å². The van der Waals surface area contributed by atoms with Gasteiger partial charge in [-0.15, -0.1) is 0 Å². The van der Waals surface area contributed by atoms with Gasteiger partial charge in [0.05, 0.1) is 17.4 Å². The van der Waals surface area contributed by atoms with Crippen molar-refractivity contribution < 1.29 is 22.5 Å². The summed E-state index contributed by atoms with van der Waals surface area (Å²) in [5, 5.41) is 7.42. The molecule has 0 unspecified atom stereocenters. The van der Waals surface area contributed by atoms with E-state index in [1.54, 1.807) is 18.7 Å². The molecular formula is C17H21F3N4O2. The molecule has 1 fully saturated rings. The molecule has 1 saturated heterocycles. The summed E-state index contributed by atoms with van der Waals surface area (Å²) in [6, 6.07) is 0.580. The van der Waals surface area contributed by atoms with Gasteiger partial charge in [-0.25, -0.2) is 0 Å². The molecule has 0 aliphatic carbocycles. The molecule has 1 atom stereocenters. The van der Waals surface area contributed by atoms with Crippen molar-refractivity contribution in [2.45, 2.75) is 51.7 Å². The minimum atomic E-state index is -4.52. The van der Waals surface area contributed by atoms with E-state index < -0.39 is 17.9 Å². The van der Waals surface area contributed by atoms with Crippen LogP contribution in [0.25, 0.3) is 0 Å². The predicted octanol–water partition coefficient (Wildman–Crippen LogP) is 3.80. The van der Waals surface area contributed by atoms with Crippen molar-refractivity contribution in [3.8, 4) is 0 Å². The number of aryl methyl sites for hydroxylation is 3. The monoisotopic (exact) mass is 370 g/mol. The summed E-state index contributed by atoms with van der Waals surface area (Å²) < 4.78 is 45.4. The van der Waals surface area contributed by atoms with E-state index in [2.05, 4.69) is 10.3 Å². The molecule has 142 valence electrons. The second kappa shape index (κ2) is 6.77. The minimum absolute atomic E-state index is 0.261. The van der Waals surface area contributed by atoms with Crippen molar-refractivity contribution in [1.82, 2.24) is 19.8 Å². The highest BCUT2D eigenvalue weighted by atomic mass is 19.4. The number of nitrogens with zero attached hydrogens (tertiary/aromatic N) is 4. The molecule has 0 bridgehead atoms. The van der Waals surface area contributed by atoms with Crippen molar-refractivity contribution in [2.75, 3.05) is 6.54 Å². The van der Waals surface area contributed by atoms with Gasteiger partial charge in [-0.3, -0.25) is 9.48 Å². The lowest BCUT2D eigenvalue weighted by Gasteiger charge is -2.30. The van der Waals surface area contributed by atoms with Crippen molar-refractivity contribution in [3.63, 3.8) is 0 Å². The number of hydrogen-bond acceptors (Lipinski definition) is 4. The Hall–Kier alpha value is -2.32. The minimum Gasteiger partial charge on any atom is -0.361 e. The molecule has 1 amide bonds. The van der Waals surface area contributed by atoms with Crippen molar-refractivity contribution in [1.29, 1.82) is 0 Å². The maximum Gasteiger partial charge on any atom is 0.435 e. The van der Waals surface area contributed by atoms with E-state index in [-0.39, 0.29) is 5.91 Å². The fraction of sp³-hybridized carbons (Fsp3) is 0.588. The normalized spacial score (nSPS) is 18.8. The third-order valence-corrected chi connectivity index (χ3v) is 4.81. The van der Waals surface area contributed by atoms with Crippen LogP contribution in [0.15, 0.2) is 10.6 Å². The maximum absolute atomic E-state index is 13.1. The van der Waals surface area contributed by atoms with Gasteiger partial charge < -0.3 is 9.42 Å². The van der Waals surface area contributed by atoms with Crippen LogP contribution >= 0.6 is 0 Å². The number of carbonyl (C=O) groups is 1. The van der Waals surface area contributed by atoms with E-state index in [0.29, 0.717) is 35.7 Å². The molecule has 9 heteroatoms. The highest BCUT2D eigenvalue weighted by Gasteiger charge is 2.38. The third kappa shape index (κ3) is 3.34. The Morgan fingerprint density at radius 2 is 2.00 bits per heavy atom. The van der Waals surface area contributed by atoms with E-state index >= 15 is 0 Å². The molecule has 3 heterocycles. The predicted molar refractivity (Wildman–Crippen MR) is 86.4 cm³/mol. The zero-order chi connectivity index (χ0) is 19.1. The van der Waals surface area contributed by atoms with E-state index in [0.717, 1.165) is 25.3 Å². The SMILES string of the molecule is Cc1noc(C)c1C(=O)N1CCCCC[C@@H]1c1cc(C(F)(F)F)nn1C. The molecule has 1 aliphatic heterocycles. The van der Waals surface area contributed by atoms with E-state index in [4.69, 9.17) is 4.52 Å². The summed E-state index contributed by atoms with van der Waals surface area (Å²) in [5.41, 5.74) is 0.315. The van der Waals surface area contributed by atoms with Crippen LogP contribution in [0, 0.1) is 13.8 Å². The average Bonchev–Trinajstić information content (AvgIpc) is 3.00. The molecule has 26 heavy (non-hydrogen) atoms. The van der Waals surface area contributed by atoms with Gasteiger partial charge in [0.2, 0.25) is 0 Å². The lowest BCUT2D eigenvalue weighted by atomic mass is 10.0. The van der Waals surface area contributed by atoms with Crippen LogP contribution in [-0.4, -0.2) is 32.3 Å². The first-order chi connectivity index (χ1) is 12.2. The Labute approximate surface area is 148 Å². The van der Waals surface area contributed by atoms with E-state index in [1.165, 1.54) is 11.7 Å². The van der Waals surface area contributed by atoms with Crippen LogP contribution < -0.4 is 0 Å². The van der Waals surface area contributed by atoms with E-state index in [1.807, 2.05) is 0 Å². The summed E-state index contributed by atoms with van der Waals surface area (Å²) in [7, 11) is 1.48. The highest BCUT2D eigenvalue weighted by Crippen LogP contribution is 2.35. The fourth-order valence-electron chi connectivity index (χ4n) is 3.52. The first-order valence-electron chi connectivity index (χ1n) is 8.55. The molecule has 1 aliphatic rings. The number of amides is 1. The van der Waals surface area contributed by atoms with Crippen molar-refractivity contribution in [3.05, 3.63) is 34.5 Å². The average molecular weight is 370 g/mol. The number of rotatable bonds is 2. The van der Waals surface area contributed by atoms with Gasteiger partial charge in [-0.1, -0.05) is 18.0 Å². The maximum atomic E-state index is 13.1. The Morgan fingerprint density at radius 3 is 2.58 bits per heavy atom. The number of halogens is 3. The third-order valence-electron chi connectivity index (χ3n) is 4.81. The van der Waals surface area contributed by atoms with Crippen molar-refractivity contribution in [2.24, 2.45) is 7.05 Å². The molecule has 0 spiro atoms. The largest absolute Gasteiger partial charge is 0.435 e. The zero-order valence-electron chi connectivity index (χ0n) is 14.9. The Balaban J connectivity index is 2.01. The van der Waals surface area contributed by atoms with Crippen molar-refractivity contribution >= 4 is 5.91 Å². The smallest absolute Gasteiger partial charge is 0.361 e. The molecule has 3 rings (SSSR count). The molecule has 2 aromatic heterocycles. The van der Waals surface area contributed by atoms with Crippen LogP contribution in [0.2, 0.25) is 0 Å². The van der Waals surface area contributed by atoms with Crippen LogP contribution in [0.1, 0.15) is 64.9 Å². The number of hydrogen-bond donors (Lipinski definition) is 0. The second-order valence-corrected chi connectivity index (χ2v) is 6.64. The summed E-state index contributed by atoms with van der Waals surface area (Å²) in [6.07, 6.45) is -1.37. The Kier molecular flexibility index (Phi) is 4.81. The first-order valence-corrected chi connectivity index (χ1v) is 8.55. The second-order valence-electron chi connectivity index (χ2n) is 6.64. The zero-order valence-corrected chi connectivity index (χ0v) is 14.9. The first kappa shape index (κ1) is 18.5. The quantitative estimate of drug-likeness (QED) is 0.807. The lowest BCUT2D eigenvalue weighted by Crippen LogP contribution is -2.36. The lowest BCUT2D eigenvalue weighted by molar-refractivity contribution is -0.141. The number of alkyl halides is 3. The van der Waals surface area contributed by atoms with Gasteiger partial charge in [-0.2, -0.15) is 18.3 Å². The summed E-state index contributed by atoms with van der Waals surface area (Å²) in [5.74, 6) is 0.152. The highest BCUT2D eigenvalue weighted by molar-refractivity contribution is 5.96. The standard InChI is InChI=1S/C17H21F3N4O2/c1-10-15(11(2)26-22-10)16(25)24-8-6-4-5-7-12(24)13-9-14(17(18,19)20)21-23(13)3/h9,12H,4-8H2,1-3H3/t12-/m1/s1. The van der Waals surface area contributed by atoms with Gasteiger partial charge in [0, 0.05) is 13.6 Å². The molecule has 0 aromatic carbocycles. The number of likely N-dealkylation sites (tertiary alicyclic amines) is 1. The molecule has 6 nitrogen and oxygen atoms in total. The Morgan fingerprint density at radius 1 is 1.27 bits per heavy atom. The van der Waals surface area contributed by atoms with Gasteiger partial charge in [-0.05, 0) is 32.8 Å². The van der Waals surface area contributed by atoms with Crippen LogP contribution in [-0.2, 0) is 13.2 Å². The summed E-state index contributed by atoms with van der Waals surface area (Å²) in [4.78, 5) is 14.8.